The van der Waals surface area contributed by atoms with Gasteiger partial charge in [0.2, 0.25) is 5.91 Å². The molecule has 1 aliphatic heterocycles. The second-order valence-corrected chi connectivity index (χ2v) is 5.01. The van der Waals surface area contributed by atoms with Gasteiger partial charge < -0.3 is 14.4 Å². The summed E-state index contributed by atoms with van der Waals surface area (Å²) in [6, 6.07) is 5.95. The molecule has 6 heteroatoms. The molecule has 0 radical (unpaired) electrons. The number of pyridine rings is 1. The van der Waals surface area contributed by atoms with Crippen molar-refractivity contribution < 1.29 is 9.90 Å². The number of hydrogen-bond acceptors (Lipinski definition) is 4. The van der Waals surface area contributed by atoms with E-state index in [1.54, 1.807) is 4.90 Å². The smallest absolute Gasteiger partial charge is 0.248 e. The molecule has 20 heavy (non-hydrogen) atoms. The Bertz CT molecular complexity index is 569. The number of fused-ring (bicyclic) bond motifs is 1. The Morgan fingerprint density at radius 2 is 2.05 bits per heavy atom. The van der Waals surface area contributed by atoms with Crippen molar-refractivity contribution in [1.82, 2.24) is 19.2 Å². The predicted molar refractivity (Wildman–Crippen MR) is 74.1 cm³/mol. The fourth-order valence-electron chi connectivity index (χ4n) is 2.55. The van der Waals surface area contributed by atoms with E-state index in [0.717, 1.165) is 31.0 Å². The largest absolute Gasteiger partial charge is 0.387 e. The van der Waals surface area contributed by atoms with Gasteiger partial charge >= 0.3 is 0 Å². The summed E-state index contributed by atoms with van der Waals surface area (Å²) in [5.74, 6) is -0.183. The van der Waals surface area contributed by atoms with Crippen LogP contribution in [0.3, 0.4) is 0 Å². The van der Waals surface area contributed by atoms with E-state index in [0.29, 0.717) is 13.1 Å². The van der Waals surface area contributed by atoms with Crippen LogP contribution in [0.25, 0.3) is 5.65 Å². The molecule has 0 spiro atoms. The van der Waals surface area contributed by atoms with Crippen molar-refractivity contribution in [3.8, 4) is 0 Å². The minimum atomic E-state index is -0.396. The van der Waals surface area contributed by atoms with Crippen LogP contribution < -0.4 is 0 Å². The van der Waals surface area contributed by atoms with Crippen LogP contribution in [-0.4, -0.2) is 63.0 Å². The lowest BCUT2D eigenvalue weighted by atomic mass is 10.3. The first-order valence-corrected chi connectivity index (χ1v) is 6.80. The van der Waals surface area contributed by atoms with Crippen molar-refractivity contribution in [3.05, 3.63) is 36.3 Å². The Labute approximate surface area is 117 Å². The quantitative estimate of drug-likeness (QED) is 0.854. The van der Waals surface area contributed by atoms with Crippen molar-refractivity contribution in [3.63, 3.8) is 0 Å². The SMILES string of the molecule is O=C(CO)N1CCN(Cc2cn3ccccc3n2)CC1. The highest BCUT2D eigenvalue weighted by Crippen LogP contribution is 2.10. The Morgan fingerprint density at radius 1 is 1.25 bits per heavy atom. The summed E-state index contributed by atoms with van der Waals surface area (Å²) >= 11 is 0. The van der Waals surface area contributed by atoms with Crippen LogP contribution in [0, 0.1) is 0 Å². The van der Waals surface area contributed by atoms with Crippen LogP contribution in [0.15, 0.2) is 30.6 Å². The number of aliphatic hydroxyl groups excluding tert-OH is 1. The van der Waals surface area contributed by atoms with E-state index >= 15 is 0 Å². The zero-order chi connectivity index (χ0) is 13.9. The van der Waals surface area contributed by atoms with E-state index in [4.69, 9.17) is 5.11 Å². The molecule has 0 bridgehead atoms. The molecule has 0 atom stereocenters. The molecule has 0 aromatic carbocycles. The zero-order valence-electron chi connectivity index (χ0n) is 11.3. The number of aliphatic hydroxyl groups is 1. The highest BCUT2D eigenvalue weighted by atomic mass is 16.3. The Kier molecular flexibility index (Phi) is 3.66. The van der Waals surface area contributed by atoms with Crippen molar-refractivity contribution in [2.75, 3.05) is 32.8 Å². The van der Waals surface area contributed by atoms with Crippen LogP contribution in [0.1, 0.15) is 5.69 Å². The maximum absolute atomic E-state index is 11.4. The summed E-state index contributed by atoms with van der Waals surface area (Å²) in [5, 5.41) is 8.85. The fraction of sp³-hybridized carbons (Fsp3) is 0.429. The molecular formula is C14H18N4O2. The third-order valence-corrected chi connectivity index (χ3v) is 3.66. The van der Waals surface area contributed by atoms with Crippen LogP contribution in [-0.2, 0) is 11.3 Å². The summed E-state index contributed by atoms with van der Waals surface area (Å²) in [4.78, 5) is 20.0. The van der Waals surface area contributed by atoms with E-state index in [1.807, 2.05) is 35.0 Å². The normalized spacial score (nSPS) is 16.8. The van der Waals surface area contributed by atoms with Crippen LogP contribution in [0.2, 0.25) is 0 Å². The molecule has 6 nitrogen and oxygen atoms in total. The number of amides is 1. The molecule has 0 aliphatic carbocycles. The predicted octanol–water partition coefficient (Wildman–Crippen LogP) is -0.0292. The average Bonchev–Trinajstić information content (AvgIpc) is 2.89. The first kappa shape index (κ1) is 13.1. The zero-order valence-corrected chi connectivity index (χ0v) is 11.3. The molecule has 0 unspecified atom stereocenters. The summed E-state index contributed by atoms with van der Waals surface area (Å²) in [5.41, 5.74) is 2.00. The Hall–Kier alpha value is -1.92. The molecule has 1 aliphatic rings. The molecule has 2 aromatic rings. The number of carbonyl (C=O) groups excluding carboxylic acids is 1. The van der Waals surface area contributed by atoms with Gasteiger partial charge in [-0.05, 0) is 12.1 Å². The van der Waals surface area contributed by atoms with E-state index < -0.39 is 6.61 Å². The molecule has 3 rings (SSSR count). The van der Waals surface area contributed by atoms with Gasteiger partial charge in [-0.15, -0.1) is 0 Å². The highest BCUT2D eigenvalue weighted by molar-refractivity contribution is 5.77. The van der Waals surface area contributed by atoms with Crippen LogP contribution in [0.5, 0.6) is 0 Å². The number of carbonyl (C=O) groups is 1. The summed E-state index contributed by atoms with van der Waals surface area (Å²) < 4.78 is 2.01. The Morgan fingerprint density at radius 3 is 2.75 bits per heavy atom. The van der Waals surface area contributed by atoms with E-state index in [2.05, 4.69) is 9.88 Å². The average molecular weight is 274 g/mol. The first-order valence-electron chi connectivity index (χ1n) is 6.80. The van der Waals surface area contributed by atoms with Gasteiger partial charge in [-0.2, -0.15) is 0 Å². The molecule has 1 amide bonds. The van der Waals surface area contributed by atoms with Gasteiger partial charge in [-0.25, -0.2) is 4.98 Å². The van der Waals surface area contributed by atoms with Crippen LogP contribution in [0.4, 0.5) is 0 Å². The van der Waals surface area contributed by atoms with Crippen molar-refractivity contribution in [1.29, 1.82) is 0 Å². The number of piperazine rings is 1. The third kappa shape index (κ3) is 2.66. The molecular weight excluding hydrogens is 256 g/mol. The van der Waals surface area contributed by atoms with Crippen LogP contribution >= 0.6 is 0 Å². The minimum Gasteiger partial charge on any atom is -0.387 e. The lowest BCUT2D eigenvalue weighted by Crippen LogP contribution is -2.49. The number of hydrogen-bond donors (Lipinski definition) is 1. The topological polar surface area (TPSA) is 61.1 Å². The monoisotopic (exact) mass is 274 g/mol. The molecule has 1 fully saturated rings. The van der Waals surface area contributed by atoms with Gasteiger partial charge in [-0.3, -0.25) is 9.69 Å². The number of imidazole rings is 1. The fourth-order valence-corrected chi connectivity index (χ4v) is 2.55. The van der Waals surface area contributed by atoms with Gasteiger partial charge in [0.15, 0.2) is 0 Å². The van der Waals surface area contributed by atoms with E-state index in [1.165, 1.54) is 0 Å². The summed E-state index contributed by atoms with van der Waals surface area (Å²) in [7, 11) is 0. The molecule has 1 N–H and O–H groups in total. The van der Waals surface area contributed by atoms with Crippen molar-refractivity contribution in [2.45, 2.75) is 6.54 Å². The van der Waals surface area contributed by atoms with Gasteiger partial charge in [0.05, 0.1) is 5.69 Å². The lowest BCUT2D eigenvalue weighted by Gasteiger charge is -2.34. The molecule has 2 aromatic heterocycles. The second kappa shape index (κ2) is 5.60. The van der Waals surface area contributed by atoms with Crippen molar-refractivity contribution in [2.24, 2.45) is 0 Å². The Balaban J connectivity index is 1.60. The standard InChI is InChI=1S/C14H18N4O2/c19-11-14(20)17-7-5-16(6-8-17)9-12-10-18-4-2-1-3-13(18)15-12/h1-4,10,19H,5-9,11H2. The lowest BCUT2D eigenvalue weighted by molar-refractivity contribution is -0.136. The minimum absolute atomic E-state index is 0.183. The summed E-state index contributed by atoms with van der Waals surface area (Å²) in [6.45, 7) is 3.38. The second-order valence-electron chi connectivity index (χ2n) is 5.01. The van der Waals surface area contributed by atoms with Gasteiger partial charge in [0.25, 0.3) is 0 Å². The molecule has 3 heterocycles. The highest BCUT2D eigenvalue weighted by Gasteiger charge is 2.20. The van der Waals surface area contributed by atoms with Gasteiger partial charge in [0.1, 0.15) is 12.3 Å². The molecule has 0 saturated carbocycles. The van der Waals surface area contributed by atoms with Gasteiger partial charge in [0, 0.05) is 45.1 Å². The molecule has 1 saturated heterocycles. The molecule has 106 valence electrons. The van der Waals surface area contributed by atoms with Crippen molar-refractivity contribution >= 4 is 11.6 Å². The first-order chi connectivity index (χ1) is 9.76. The number of rotatable bonds is 3. The maximum atomic E-state index is 11.4. The number of nitrogens with zero attached hydrogens (tertiary/aromatic N) is 4. The van der Waals surface area contributed by atoms with E-state index in [9.17, 15) is 4.79 Å². The third-order valence-electron chi connectivity index (χ3n) is 3.66. The number of aromatic nitrogens is 2. The summed E-state index contributed by atoms with van der Waals surface area (Å²) in [6.07, 6.45) is 4.03. The van der Waals surface area contributed by atoms with Gasteiger partial charge in [-0.1, -0.05) is 6.07 Å². The maximum Gasteiger partial charge on any atom is 0.248 e. The van der Waals surface area contributed by atoms with E-state index in [-0.39, 0.29) is 5.91 Å².